The predicted octanol–water partition coefficient (Wildman–Crippen LogP) is 4.50. The number of methoxy groups -OCH3 is 1. The van der Waals surface area contributed by atoms with Gasteiger partial charge in [-0.1, -0.05) is 49.4 Å². The second-order valence-electron chi connectivity index (χ2n) is 4.81. The van der Waals surface area contributed by atoms with Crippen LogP contribution in [0.5, 0.6) is 5.75 Å². The van der Waals surface area contributed by atoms with Gasteiger partial charge in [-0.2, -0.15) is 5.26 Å². The van der Waals surface area contributed by atoms with Gasteiger partial charge in [-0.3, -0.25) is 0 Å². The standard InChI is InChI=1S/C18H19NO/c1-3-17(15-9-11-16(20-2)12-10-15)18(13-19)14-7-5-4-6-8-14/h4-12,17-18H,3H2,1-2H3. The van der Waals surface area contributed by atoms with Crippen molar-refractivity contribution in [3.05, 3.63) is 65.7 Å². The molecule has 0 N–H and O–H groups in total. The Morgan fingerprint density at radius 3 is 2.15 bits per heavy atom. The summed E-state index contributed by atoms with van der Waals surface area (Å²) in [4.78, 5) is 0. The lowest BCUT2D eigenvalue weighted by Crippen LogP contribution is -2.09. The van der Waals surface area contributed by atoms with E-state index in [9.17, 15) is 5.26 Å². The zero-order valence-corrected chi connectivity index (χ0v) is 11.9. The Bertz CT molecular complexity index is 569. The minimum Gasteiger partial charge on any atom is -0.497 e. The second-order valence-corrected chi connectivity index (χ2v) is 4.81. The van der Waals surface area contributed by atoms with Crippen LogP contribution in [0.15, 0.2) is 54.6 Å². The smallest absolute Gasteiger partial charge is 0.118 e. The van der Waals surface area contributed by atoms with E-state index >= 15 is 0 Å². The Hall–Kier alpha value is -2.27. The first kappa shape index (κ1) is 14.1. The van der Waals surface area contributed by atoms with Crippen LogP contribution in [-0.2, 0) is 0 Å². The molecule has 0 fully saturated rings. The molecular formula is C18H19NO. The molecule has 2 unspecified atom stereocenters. The van der Waals surface area contributed by atoms with Crippen LogP contribution in [0.3, 0.4) is 0 Å². The predicted molar refractivity (Wildman–Crippen MR) is 80.8 cm³/mol. The van der Waals surface area contributed by atoms with Crippen LogP contribution >= 0.6 is 0 Å². The van der Waals surface area contributed by atoms with Crippen molar-refractivity contribution in [3.63, 3.8) is 0 Å². The van der Waals surface area contributed by atoms with E-state index in [2.05, 4.69) is 25.1 Å². The van der Waals surface area contributed by atoms with Gasteiger partial charge in [0, 0.05) is 5.92 Å². The number of ether oxygens (including phenoxy) is 1. The lowest BCUT2D eigenvalue weighted by Gasteiger charge is -2.21. The van der Waals surface area contributed by atoms with Gasteiger partial charge in [0.2, 0.25) is 0 Å². The van der Waals surface area contributed by atoms with Crippen molar-refractivity contribution in [2.75, 3.05) is 7.11 Å². The summed E-state index contributed by atoms with van der Waals surface area (Å²) in [5.41, 5.74) is 2.27. The normalized spacial score (nSPS) is 13.2. The molecule has 0 bridgehead atoms. The zero-order valence-electron chi connectivity index (χ0n) is 11.9. The van der Waals surface area contributed by atoms with Crippen LogP contribution in [0.1, 0.15) is 36.3 Å². The highest BCUT2D eigenvalue weighted by atomic mass is 16.5. The molecule has 0 saturated carbocycles. The van der Waals surface area contributed by atoms with E-state index in [1.165, 1.54) is 5.56 Å². The number of hydrogen-bond acceptors (Lipinski definition) is 2. The third kappa shape index (κ3) is 3.00. The second kappa shape index (κ2) is 6.77. The summed E-state index contributed by atoms with van der Waals surface area (Å²) in [6, 6.07) is 20.5. The minimum atomic E-state index is -0.116. The Labute approximate surface area is 120 Å². The highest BCUT2D eigenvalue weighted by molar-refractivity contribution is 5.35. The molecule has 0 aliphatic heterocycles. The average molecular weight is 265 g/mol. The maximum absolute atomic E-state index is 9.57. The molecule has 2 atom stereocenters. The van der Waals surface area contributed by atoms with E-state index < -0.39 is 0 Å². The van der Waals surface area contributed by atoms with E-state index in [-0.39, 0.29) is 11.8 Å². The first-order chi connectivity index (χ1) is 9.80. The first-order valence-electron chi connectivity index (χ1n) is 6.88. The molecule has 0 spiro atoms. The van der Waals surface area contributed by atoms with Crippen LogP contribution < -0.4 is 4.74 Å². The molecule has 0 radical (unpaired) electrons. The average Bonchev–Trinajstić information content (AvgIpc) is 2.53. The van der Waals surface area contributed by atoms with Gasteiger partial charge >= 0.3 is 0 Å². The Kier molecular flexibility index (Phi) is 4.79. The maximum Gasteiger partial charge on any atom is 0.118 e. The fourth-order valence-electron chi connectivity index (χ4n) is 2.57. The summed E-state index contributed by atoms with van der Waals surface area (Å²) in [5, 5.41) is 9.57. The molecule has 0 aromatic heterocycles. The quantitative estimate of drug-likeness (QED) is 0.797. The third-order valence-electron chi connectivity index (χ3n) is 3.68. The summed E-state index contributed by atoms with van der Waals surface area (Å²) in [6.07, 6.45) is 0.930. The molecule has 2 aromatic carbocycles. The first-order valence-corrected chi connectivity index (χ1v) is 6.88. The SMILES string of the molecule is CCC(c1ccc(OC)cc1)C(C#N)c1ccccc1. The maximum atomic E-state index is 9.57. The van der Waals surface area contributed by atoms with Gasteiger partial charge in [-0.15, -0.1) is 0 Å². The number of benzene rings is 2. The van der Waals surface area contributed by atoms with E-state index in [1.807, 2.05) is 42.5 Å². The molecule has 2 nitrogen and oxygen atoms in total. The summed E-state index contributed by atoms with van der Waals surface area (Å²) < 4.78 is 5.19. The van der Waals surface area contributed by atoms with E-state index in [0.717, 1.165) is 17.7 Å². The molecule has 0 saturated heterocycles. The summed E-state index contributed by atoms with van der Waals surface area (Å²) in [6.45, 7) is 2.13. The van der Waals surface area contributed by atoms with Gasteiger partial charge in [0.1, 0.15) is 5.75 Å². The van der Waals surface area contributed by atoms with Crippen molar-refractivity contribution in [2.24, 2.45) is 0 Å². The highest BCUT2D eigenvalue weighted by Crippen LogP contribution is 2.35. The lowest BCUT2D eigenvalue weighted by molar-refractivity contribution is 0.414. The Balaban J connectivity index is 2.32. The molecule has 102 valence electrons. The molecule has 0 amide bonds. The van der Waals surface area contributed by atoms with Gasteiger partial charge in [0.15, 0.2) is 0 Å². The van der Waals surface area contributed by atoms with Crippen LogP contribution in [0.25, 0.3) is 0 Å². The summed E-state index contributed by atoms with van der Waals surface area (Å²) >= 11 is 0. The van der Waals surface area contributed by atoms with E-state index in [1.54, 1.807) is 7.11 Å². The molecular weight excluding hydrogens is 246 g/mol. The topological polar surface area (TPSA) is 33.0 Å². The monoisotopic (exact) mass is 265 g/mol. The van der Waals surface area contributed by atoms with Crippen molar-refractivity contribution in [3.8, 4) is 11.8 Å². The van der Waals surface area contributed by atoms with Gasteiger partial charge in [-0.25, -0.2) is 0 Å². The fraction of sp³-hybridized carbons (Fsp3) is 0.278. The Morgan fingerprint density at radius 2 is 1.65 bits per heavy atom. The van der Waals surface area contributed by atoms with Crippen molar-refractivity contribution >= 4 is 0 Å². The van der Waals surface area contributed by atoms with Crippen LogP contribution in [-0.4, -0.2) is 7.11 Å². The van der Waals surface area contributed by atoms with Crippen molar-refractivity contribution in [2.45, 2.75) is 25.2 Å². The lowest BCUT2D eigenvalue weighted by atomic mass is 9.81. The van der Waals surface area contributed by atoms with Crippen molar-refractivity contribution in [1.29, 1.82) is 5.26 Å². The highest BCUT2D eigenvalue weighted by Gasteiger charge is 2.23. The van der Waals surface area contributed by atoms with Gasteiger partial charge < -0.3 is 4.74 Å². The minimum absolute atomic E-state index is 0.116. The van der Waals surface area contributed by atoms with Crippen molar-refractivity contribution < 1.29 is 4.74 Å². The van der Waals surface area contributed by atoms with Crippen LogP contribution in [0.2, 0.25) is 0 Å². The van der Waals surface area contributed by atoms with E-state index in [4.69, 9.17) is 4.74 Å². The number of hydrogen-bond donors (Lipinski definition) is 0. The zero-order chi connectivity index (χ0) is 14.4. The van der Waals surface area contributed by atoms with Gasteiger partial charge in [-0.05, 0) is 29.7 Å². The molecule has 2 rings (SSSR count). The molecule has 2 aromatic rings. The fourth-order valence-corrected chi connectivity index (χ4v) is 2.57. The molecule has 2 heteroatoms. The van der Waals surface area contributed by atoms with Crippen molar-refractivity contribution in [1.82, 2.24) is 0 Å². The molecule has 0 aliphatic rings. The van der Waals surface area contributed by atoms with Gasteiger partial charge in [0.25, 0.3) is 0 Å². The van der Waals surface area contributed by atoms with E-state index in [0.29, 0.717) is 0 Å². The van der Waals surface area contributed by atoms with Gasteiger partial charge in [0.05, 0.1) is 19.1 Å². The van der Waals surface area contributed by atoms with Crippen LogP contribution in [0, 0.1) is 11.3 Å². The Morgan fingerprint density at radius 1 is 1.00 bits per heavy atom. The third-order valence-corrected chi connectivity index (χ3v) is 3.68. The summed E-state index contributed by atoms with van der Waals surface area (Å²) in [5.74, 6) is 0.930. The number of rotatable bonds is 5. The molecule has 0 heterocycles. The molecule has 0 aliphatic carbocycles. The van der Waals surface area contributed by atoms with Crippen LogP contribution in [0.4, 0.5) is 0 Å². The number of nitrogens with zero attached hydrogens (tertiary/aromatic N) is 1. The number of nitriles is 1. The largest absolute Gasteiger partial charge is 0.497 e. The summed E-state index contributed by atoms with van der Waals surface area (Å²) in [7, 11) is 1.66. The molecule has 20 heavy (non-hydrogen) atoms.